The molecule has 2 aromatic carbocycles. The number of hydrogen-bond acceptors (Lipinski definition) is 4. The molecule has 0 aliphatic carbocycles. The molecule has 1 aliphatic rings. The lowest BCUT2D eigenvalue weighted by molar-refractivity contribution is -0.123. The van der Waals surface area contributed by atoms with Gasteiger partial charge in [-0.3, -0.25) is 9.59 Å². The Morgan fingerprint density at radius 2 is 1.93 bits per heavy atom. The number of carbonyl (C=O) groups is 2. The maximum Gasteiger partial charge on any atom is 0.257 e. The molecule has 1 heterocycles. The van der Waals surface area contributed by atoms with Gasteiger partial charge in [0.25, 0.3) is 5.91 Å². The lowest BCUT2D eigenvalue weighted by atomic mass is 10.2. The van der Waals surface area contributed by atoms with Crippen LogP contribution in [0.5, 0.6) is 11.5 Å². The highest BCUT2D eigenvalue weighted by molar-refractivity contribution is 5.95. The van der Waals surface area contributed by atoms with Crippen molar-refractivity contribution in [3.63, 3.8) is 0 Å². The Kier molecular flexibility index (Phi) is 6.89. The zero-order valence-electron chi connectivity index (χ0n) is 16.1. The Bertz CT molecular complexity index is 804. The minimum atomic E-state index is -0.172. The summed E-state index contributed by atoms with van der Waals surface area (Å²) in [5.74, 6) is 1.43. The maximum atomic E-state index is 11.9. The van der Waals surface area contributed by atoms with E-state index in [4.69, 9.17) is 9.47 Å². The summed E-state index contributed by atoms with van der Waals surface area (Å²) in [4.78, 5) is 25.4. The molecule has 0 spiro atoms. The van der Waals surface area contributed by atoms with Gasteiger partial charge in [-0.05, 0) is 61.7 Å². The number of hydrogen-bond donors (Lipinski definition) is 1. The Labute approximate surface area is 165 Å². The van der Waals surface area contributed by atoms with Gasteiger partial charge in [0.1, 0.15) is 11.5 Å². The van der Waals surface area contributed by atoms with E-state index in [1.54, 1.807) is 17.0 Å². The number of ether oxygens (including phenoxy) is 2. The first-order chi connectivity index (χ1) is 13.6. The van der Waals surface area contributed by atoms with E-state index in [2.05, 4.69) is 5.32 Å². The second-order valence-electron chi connectivity index (χ2n) is 6.80. The van der Waals surface area contributed by atoms with Crippen LogP contribution >= 0.6 is 0 Å². The second kappa shape index (κ2) is 9.78. The molecule has 2 aromatic rings. The molecule has 0 saturated carbocycles. The van der Waals surface area contributed by atoms with Gasteiger partial charge in [-0.1, -0.05) is 12.1 Å². The minimum Gasteiger partial charge on any atom is -0.494 e. The number of nitrogens with zero attached hydrogens (tertiary/aromatic N) is 1. The van der Waals surface area contributed by atoms with Gasteiger partial charge in [-0.15, -0.1) is 0 Å². The molecule has 6 nitrogen and oxygen atoms in total. The lowest BCUT2D eigenvalue weighted by Gasteiger charge is -2.16. The molecule has 28 heavy (non-hydrogen) atoms. The molecule has 0 unspecified atom stereocenters. The van der Waals surface area contributed by atoms with Crippen molar-refractivity contribution in [3.05, 3.63) is 54.1 Å². The van der Waals surface area contributed by atoms with Gasteiger partial charge < -0.3 is 19.7 Å². The normalized spacial score (nSPS) is 13.5. The van der Waals surface area contributed by atoms with Gasteiger partial charge in [-0.25, -0.2) is 0 Å². The van der Waals surface area contributed by atoms with Crippen LogP contribution < -0.4 is 19.7 Å². The zero-order chi connectivity index (χ0) is 19.8. The minimum absolute atomic E-state index is 0.0409. The van der Waals surface area contributed by atoms with E-state index in [9.17, 15) is 9.59 Å². The Morgan fingerprint density at radius 1 is 1.11 bits per heavy atom. The summed E-state index contributed by atoms with van der Waals surface area (Å²) in [7, 11) is 0. The fourth-order valence-electron chi connectivity index (χ4n) is 3.04. The molecular formula is C22H26N2O4. The third-order valence-corrected chi connectivity index (χ3v) is 4.49. The van der Waals surface area contributed by atoms with Gasteiger partial charge in [0, 0.05) is 25.2 Å². The highest BCUT2D eigenvalue weighted by Gasteiger charge is 2.21. The summed E-state index contributed by atoms with van der Waals surface area (Å²) in [5, 5.41) is 2.82. The summed E-state index contributed by atoms with van der Waals surface area (Å²) in [6.45, 7) is 3.81. The van der Waals surface area contributed by atoms with Crippen molar-refractivity contribution in [3.8, 4) is 11.5 Å². The van der Waals surface area contributed by atoms with Crippen LogP contribution in [-0.2, 0) is 9.59 Å². The van der Waals surface area contributed by atoms with Crippen LogP contribution in [-0.4, -0.2) is 38.1 Å². The Hall–Kier alpha value is -3.02. The molecule has 6 heteroatoms. The second-order valence-corrected chi connectivity index (χ2v) is 6.80. The SMILES string of the molecule is Cc1cccc(OCCCNC(=O)COc2ccc(N3CCCC3=O)cc2)c1. The molecule has 1 saturated heterocycles. The van der Waals surface area contributed by atoms with E-state index < -0.39 is 0 Å². The van der Waals surface area contributed by atoms with Gasteiger partial charge >= 0.3 is 0 Å². The molecule has 1 aliphatic heterocycles. The predicted octanol–water partition coefficient (Wildman–Crippen LogP) is 3.09. The van der Waals surface area contributed by atoms with E-state index in [-0.39, 0.29) is 18.4 Å². The fraction of sp³-hybridized carbons (Fsp3) is 0.364. The van der Waals surface area contributed by atoms with Crippen LogP contribution in [0.25, 0.3) is 0 Å². The third kappa shape index (κ3) is 5.74. The molecule has 1 N–H and O–H groups in total. The molecule has 0 atom stereocenters. The third-order valence-electron chi connectivity index (χ3n) is 4.49. The highest BCUT2D eigenvalue weighted by atomic mass is 16.5. The number of rotatable bonds is 9. The molecule has 148 valence electrons. The van der Waals surface area contributed by atoms with Crippen molar-refractivity contribution < 1.29 is 19.1 Å². The van der Waals surface area contributed by atoms with Crippen molar-refractivity contribution in [2.75, 3.05) is 31.2 Å². The number of anilines is 1. The average Bonchev–Trinajstić information content (AvgIpc) is 3.12. The summed E-state index contributed by atoms with van der Waals surface area (Å²) in [6, 6.07) is 15.1. The molecule has 0 radical (unpaired) electrons. The Morgan fingerprint density at radius 3 is 2.64 bits per heavy atom. The first-order valence-corrected chi connectivity index (χ1v) is 9.61. The standard InChI is InChI=1S/C22H26N2O4/c1-17-5-2-6-20(15-17)27-14-4-12-23-21(25)16-28-19-10-8-18(9-11-19)24-13-3-7-22(24)26/h2,5-6,8-11,15H,3-4,7,12-14,16H2,1H3,(H,23,25). The fourth-order valence-corrected chi connectivity index (χ4v) is 3.04. The number of amides is 2. The summed E-state index contributed by atoms with van der Waals surface area (Å²) >= 11 is 0. The quantitative estimate of drug-likeness (QED) is 0.677. The lowest BCUT2D eigenvalue weighted by Crippen LogP contribution is -2.30. The zero-order valence-corrected chi connectivity index (χ0v) is 16.1. The van der Waals surface area contributed by atoms with Crippen LogP contribution in [0, 0.1) is 6.92 Å². The van der Waals surface area contributed by atoms with Crippen molar-refractivity contribution in [1.29, 1.82) is 0 Å². The average molecular weight is 382 g/mol. The highest BCUT2D eigenvalue weighted by Crippen LogP contribution is 2.23. The largest absolute Gasteiger partial charge is 0.494 e. The van der Waals surface area contributed by atoms with Crippen molar-refractivity contribution >= 4 is 17.5 Å². The summed E-state index contributed by atoms with van der Waals surface area (Å²) in [6.07, 6.45) is 2.22. The molecular weight excluding hydrogens is 356 g/mol. The first-order valence-electron chi connectivity index (χ1n) is 9.61. The maximum absolute atomic E-state index is 11.9. The van der Waals surface area contributed by atoms with E-state index >= 15 is 0 Å². The molecule has 0 bridgehead atoms. The first kappa shape index (κ1) is 19.7. The van der Waals surface area contributed by atoms with Crippen molar-refractivity contribution in [2.45, 2.75) is 26.2 Å². The number of carbonyl (C=O) groups excluding carboxylic acids is 2. The van der Waals surface area contributed by atoms with E-state index in [1.165, 1.54) is 0 Å². The van der Waals surface area contributed by atoms with Crippen molar-refractivity contribution in [2.24, 2.45) is 0 Å². The van der Waals surface area contributed by atoms with Crippen molar-refractivity contribution in [1.82, 2.24) is 5.32 Å². The molecule has 1 fully saturated rings. The Balaban J connectivity index is 1.31. The van der Waals surface area contributed by atoms with Gasteiger partial charge in [-0.2, -0.15) is 0 Å². The number of aryl methyl sites for hydroxylation is 1. The van der Waals surface area contributed by atoms with E-state index in [0.29, 0.717) is 25.3 Å². The molecule has 3 rings (SSSR count). The van der Waals surface area contributed by atoms with Gasteiger partial charge in [0.15, 0.2) is 6.61 Å². The van der Waals surface area contributed by atoms with Crippen LogP contribution in [0.4, 0.5) is 5.69 Å². The monoisotopic (exact) mass is 382 g/mol. The number of benzene rings is 2. The number of nitrogens with one attached hydrogen (secondary N) is 1. The van der Waals surface area contributed by atoms with Gasteiger partial charge in [0.2, 0.25) is 5.91 Å². The summed E-state index contributed by atoms with van der Waals surface area (Å²) in [5.41, 5.74) is 2.02. The van der Waals surface area contributed by atoms with E-state index in [1.807, 2.05) is 43.3 Å². The van der Waals surface area contributed by atoms with Crippen LogP contribution in [0.2, 0.25) is 0 Å². The van der Waals surface area contributed by atoms with E-state index in [0.717, 1.165) is 36.4 Å². The molecule has 0 aromatic heterocycles. The predicted molar refractivity (Wildman–Crippen MR) is 108 cm³/mol. The summed E-state index contributed by atoms with van der Waals surface area (Å²) < 4.78 is 11.2. The van der Waals surface area contributed by atoms with Crippen LogP contribution in [0.1, 0.15) is 24.8 Å². The smallest absolute Gasteiger partial charge is 0.257 e. The van der Waals surface area contributed by atoms with Crippen LogP contribution in [0.3, 0.4) is 0 Å². The van der Waals surface area contributed by atoms with Crippen LogP contribution in [0.15, 0.2) is 48.5 Å². The molecule has 2 amide bonds. The van der Waals surface area contributed by atoms with Gasteiger partial charge in [0.05, 0.1) is 6.61 Å². The topological polar surface area (TPSA) is 67.9 Å².